The van der Waals surface area contributed by atoms with Gasteiger partial charge in [0.25, 0.3) is 0 Å². The summed E-state index contributed by atoms with van der Waals surface area (Å²) in [5.41, 5.74) is 5.64. The molecule has 0 aliphatic rings. The Labute approximate surface area is 101 Å². The summed E-state index contributed by atoms with van der Waals surface area (Å²) in [4.78, 5) is 0. The summed E-state index contributed by atoms with van der Waals surface area (Å²) in [6, 6.07) is 6.43. The highest BCUT2D eigenvalue weighted by Crippen LogP contribution is 2.19. The normalized spacial score (nSPS) is 13.8. The quantitative estimate of drug-likeness (QED) is 0.799. The number of nitrogens with two attached hydrogens (primary N) is 1. The van der Waals surface area contributed by atoms with Gasteiger partial charge in [0.1, 0.15) is 17.1 Å². The van der Waals surface area contributed by atoms with Crippen molar-refractivity contribution in [3.05, 3.63) is 29.6 Å². The van der Waals surface area contributed by atoms with Gasteiger partial charge in [-0.05, 0) is 50.5 Å². The summed E-state index contributed by atoms with van der Waals surface area (Å²) < 4.78 is 18.3. The average molecular weight is 236 g/mol. The Morgan fingerprint density at radius 1 is 1.53 bits per heavy atom. The van der Waals surface area contributed by atoms with Crippen LogP contribution >= 0.6 is 0 Å². The zero-order valence-corrected chi connectivity index (χ0v) is 10.2. The molecule has 1 unspecified atom stereocenters. The van der Waals surface area contributed by atoms with Crippen molar-refractivity contribution in [3.63, 3.8) is 0 Å². The Balaban J connectivity index is 2.39. The van der Waals surface area contributed by atoms with E-state index in [0.29, 0.717) is 25.2 Å². The van der Waals surface area contributed by atoms with Gasteiger partial charge in [-0.15, -0.1) is 0 Å². The SMILES string of the molecule is Cc1cc(F)ccc1OCCCC(C)(N)C#N. The Hall–Kier alpha value is -1.60. The third-order valence-electron chi connectivity index (χ3n) is 2.49. The van der Waals surface area contributed by atoms with Gasteiger partial charge in [-0.2, -0.15) is 5.26 Å². The zero-order chi connectivity index (χ0) is 12.9. The molecule has 0 radical (unpaired) electrons. The van der Waals surface area contributed by atoms with E-state index in [-0.39, 0.29) is 5.82 Å². The highest BCUT2D eigenvalue weighted by Gasteiger charge is 2.16. The number of nitriles is 1. The Kier molecular flexibility index (Phi) is 4.47. The van der Waals surface area contributed by atoms with Gasteiger partial charge in [0.05, 0.1) is 12.7 Å². The van der Waals surface area contributed by atoms with Gasteiger partial charge in [-0.1, -0.05) is 0 Å². The summed E-state index contributed by atoms with van der Waals surface area (Å²) in [7, 11) is 0. The van der Waals surface area contributed by atoms with E-state index in [0.717, 1.165) is 5.56 Å². The van der Waals surface area contributed by atoms with Crippen LogP contribution in [0.5, 0.6) is 5.75 Å². The van der Waals surface area contributed by atoms with E-state index < -0.39 is 5.54 Å². The second kappa shape index (κ2) is 5.65. The van der Waals surface area contributed by atoms with Crippen molar-refractivity contribution in [2.45, 2.75) is 32.2 Å². The lowest BCUT2D eigenvalue weighted by molar-refractivity contribution is 0.294. The predicted molar refractivity (Wildman–Crippen MR) is 64.1 cm³/mol. The van der Waals surface area contributed by atoms with Crippen molar-refractivity contribution in [1.29, 1.82) is 5.26 Å². The molecule has 1 atom stereocenters. The van der Waals surface area contributed by atoms with Gasteiger partial charge >= 0.3 is 0 Å². The Morgan fingerprint density at radius 3 is 2.82 bits per heavy atom. The van der Waals surface area contributed by atoms with Crippen LogP contribution in [0.25, 0.3) is 0 Å². The summed E-state index contributed by atoms with van der Waals surface area (Å²) in [6.45, 7) is 3.96. The molecular formula is C13H17FN2O. The van der Waals surface area contributed by atoms with Crippen LogP contribution in [-0.4, -0.2) is 12.1 Å². The van der Waals surface area contributed by atoms with E-state index >= 15 is 0 Å². The molecule has 92 valence electrons. The number of ether oxygens (including phenoxy) is 1. The molecule has 0 saturated carbocycles. The fraction of sp³-hybridized carbons (Fsp3) is 0.462. The fourth-order valence-electron chi connectivity index (χ4n) is 1.45. The molecule has 0 aromatic heterocycles. The zero-order valence-electron chi connectivity index (χ0n) is 10.2. The molecule has 3 nitrogen and oxygen atoms in total. The third-order valence-corrected chi connectivity index (χ3v) is 2.49. The van der Waals surface area contributed by atoms with E-state index in [9.17, 15) is 4.39 Å². The van der Waals surface area contributed by atoms with Crippen LogP contribution < -0.4 is 10.5 Å². The van der Waals surface area contributed by atoms with Crippen molar-refractivity contribution in [3.8, 4) is 11.8 Å². The van der Waals surface area contributed by atoms with E-state index in [2.05, 4.69) is 0 Å². The molecule has 1 rings (SSSR count). The van der Waals surface area contributed by atoms with Gasteiger partial charge < -0.3 is 10.5 Å². The number of hydrogen-bond acceptors (Lipinski definition) is 3. The number of benzene rings is 1. The molecule has 0 spiro atoms. The fourth-order valence-corrected chi connectivity index (χ4v) is 1.45. The summed E-state index contributed by atoms with van der Waals surface area (Å²) in [5, 5.41) is 8.73. The lowest BCUT2D eigenvalue weighted by atomic mass is 10.00. The number of hydrogen-bond donors (Lipinski definition) is 1. The molecule has 0 saturated heterocycles. The molecule has 0 fully saturated rings. The lowest BCUT2D eigenvalue weighted by Crippen LogP contribution is -2.34. The topological polar surface area (TPSA) is 59.0 Å². The van der Waals surface area contributed by atoms with Crippen molar-refractivity contribution < 1.29 is 9.13 Å². The summed E-state index contributed by atoms with van der Waals surface area (Å²) >= 11 is 0. The van der Waals surface area contributed by atoms with Gasteiger partial charge in [0.15, 0.2) is 0 Å². The number of halogens is 1. The number of nitrogens with zero attached hydrogens (tertiary/aromatic N) is 1. The molecule has 0 bridgehead atoms. The van der Waals surface area contributed by atoms with Crippen LogP contribution in [0.15, 0.2) is 18.2 Å². The first-order chi connectivity index (χ1) is 7.94. The first-order valence-electron chi connectivity index (χ1n) is 5.54. The van der Waals surface area contributed by atoms with Crippen LogP contribution in [0.4, 0.5) is 4.39 Å². The molecular weight excluding hydrogens is 219 g/mol. The Bertz CT molecular complexity index is 424. The van der Waals surface area contributed by atoms with Crippen molar-refractivity contribution in [2.75, 3.05) is 6.61 Å². The predicted octanol–water partition coefficient (Wildman–Crippen LogP) is 2.53. The second-order valence-corrected chi connectivity index (χ2v) is 4.39. The van der Waals surface area contributed by atoms with Gasteiger partial charge in [0, 0.05) is 0 Å². The molecule has 0 aliphatic carbocycles. The molecule has 0 aliphatic heterocycles. The standard InChI is InChI=1S/C13H17FN2O/c1-10-8-11(14)4-5-12(10)17-7-3-6-13(2,16)9-15/h4-5,8H,3,6-7,16H2,1-2H3. The van der Waals surface area contributed by atoms with E-state index in [1.54, 1.807) is 19.9 Å². The highest BCUT2D eigenvalue weighted by molar-refractivity contribution is 5.32. The largest absolute Gasteiger partial charge is 0.493 e. The monoisotopic (exact) mass is 236 g/mol. The maximum atomic E-state index is 12.8. The van der Waals surface area contributed by atoms with Gasteiger partial charge in [0.2, 0.25) is 0 Å². The lowest BCUT2D eigenvalue weighted by Gasteiger charge is -2.15. The van der Waals surface area contributed by atoms with E-state index in [4.69, 9.17) is 15.7 Å². The van der Waals surface area contributed by atoms with E-state index in [1.807, 2.05) is 6.07 Å². The van der Waals surface area contributed by atoms with Crippen LogP contribution in [0, 0.1) is 24.1 Å². The minimum absolute atomic E-state index is 0.270. The molecule has 1 aromatic rings. The average Bonchev–Trinajstić information content (AvgIpc) is 2.27. The number of rotatable bonds is 5. The second-order valence-electron chi connectivity index (χ2n) is 4.39. The molecule has 1 aromatic carbocycles. The Morgan fingerprint density at radius 2 is 2.24 bits per heavy atom. The smallest absolute Gasteiger partial charge is 0.123 e. The minimum atomic E-state index is -0.804. The van der Waals surface area contributed by atoms with Crippen LogP contribution in [0.3, 0.4) is 0 Å². The molecule has 0 heterocycles. The van der Waals surface area contributed by atoms with E-state index in [1.165, 1.54) is 12.1 Å². The maximum Gasteiger partial charge on any atom is 0.123 e. The highest BCUT2D eigenvalue weighted by atomic mass is 19.1. The first-order valence-corrected chi connectivity index (χ1v) is 5.54. The van der Waals surface area contributed by atoms with Crippen LogP contribution in [0.1, 0.15) is 25.3 Å². The van der Waals surface area contributed by atoms with Gasteiger partial charge in [-0.3, -0.25) is 0 Å². The number of aryl methyl sites for hydroxylation is 1. The molecule has 17 heavy (non-hydrogen) atoms. The maximum absolute atomic E-state index is 12.8. The van der Waals surface area contributed by atoms with Crippen molar-refractivity contribution in [1.82, 2.24) is 0 Å². The summed E-state index contributed by atoms with van der Waals surface area (Å²) in [5.74, 6) is 0.399. The molecule has 2 N–H and O–H groups in total. The van der Waals surface area contributed by atoms with Crippen molar-refractivity contribution >= 4 is 0 Å². The minimum Gasteiger partial charge on any atom is -0.493 e. The van der Waals surface area contributed by atoms with Gasteiger partial charge in [-0.25, -0.2) is 4.39 Å². The summed E-state index contributed by atoms with van der Waals surface area (Å²) in [6.07, 6.45) is 1.26. The van der Waals surface area contributed by atoms with Crippen molar-refractivity contribution in [2.24, 2.45) is 5.73 Å². The van der Waals surface area contributed by atoms with Crippen LogP contribution in [0.2, 0.25) is 0 Å². The molecule has 4 heteroatoms. The third kappa shape index (κ3) is 4.41. The van der Waals surface area contributed by atoms with Crippen LogP contribution in [-0.2, 0) is 0 Å². The molecule has 0 amide bonds. The first kappa shape index (κ1) is 13.5.